The summed E-state index contributed by atoms with van der Waals surface area (Å²) in [5.41, 5.74) is 1.23. The van der Waals surface area contributed by atoms with Crippen molar-refractivity contribution in [2.24, 2.45) is 0 Å². The molecular formula is C6H14N2. The molecule has 0 rings (SSSR count). The lowest BCUT2D eigenvalue weighted by Gasteiger charge is -2.02. The van der Waals surface area contributed by atoms with Gasteiger partial charge in [-0.1, -0.05) is 6.08 Å². The van der Waals surface area contributed by atoms with Gasteiger partial charge in [0.15, 0.2) is 0 Å². The van der Waals surface area contributed by atoms with E-state index in [0.29, 0.717) is 0 Å². The topological polar surface area (TPSA) is 24.1 Å². The number of likely N-dealkylation sites (N-methyl/N-ethyl adjacent to an activating group) is 2. The highest BCUT2D eigenvalue weighted by molar-refractivity contribution is 4.97. The normalized spacial score (nSPS) is 11.6. The first-order valence-electron chi connectivity index (χ1n) is 2.82. The summed E-state index contributed by atoms with van der Waals surface area (Å²) < 4.78 is 0. The van der Waals surface area contributed by atoms with Crippen LogP contribution in [0.25, 0.3) is 0 Å². The van der Waals surface area contributed by atoms with Crippen molar-refractivity contribution in [3.8, 4) is 0 Å². The van der Waals surface area contributed by atoms with Gasteiger partial charge in [-0.05, 0) is 14.0 Å². The largest absolute Gasteiger partial charge is 0.391 e. The molecule has 0 heterocycles. The van der Waals surface area contributed by atoms with Crippen LogP contribution >= 0.6 is 0 Å². The van der Waals surface area contributed by atoms with E-state index in [1.54, 1.807) is 0 Å². The summed E-state index contributed by atoms with van der Waals surface area (Å²) in [7, 11) is 3.85. The third-order valence-corrected chi connectivity index (χ3v) is 1.04. The average Bonchev–Trinajstić information content (AvgIpc) is 1.83. The zero-order valence-corrected chi connectivity index (χ0v) is 5.78. The molecule has 0 aliphatic rings. The van der Waals surface area contributed by atoms with Crippen LogP contribution in [-0.4, -0.2) is 20.6 Å². The molecule has 2 nitrogen and oxygen atoms in total. The fourth-order valence-corrected chi connectivity index (χ4v) is 0.525. The minimum Gasteiger partial charge on any atom is -0.391 e. The molecule has 0 fully saturated rings. The third kappa shape index (κ3) is 2.64. The average molecular weight is 114 g/mol. The van der Waals surface area contributed by atoms with Gasteiger partial charge in [-0.3, -0.25) is 0 Å². The molecule has 0 aliphatic carbocycles. The van der Waals surface area contributed by atoms with E-state index in [9.17, 15) is 0 Å². The van der Waals surface area contributed by atoms with Gasteiger partial charge in [-0.25, -0.2) is 0 Å². The van der Waals surface area contributed by atoms with Crippen LogP contribution in [0.5, 0.6) is 0 Å². The van der Waals surface area contributed by atoms with Crippen molar-refractivity contribution in [3.63, 3.8) is 0 Å². The summed E-state index contributed by atoms with van der Waals surface area (Å²) >= 11 is 0. The van der Waals surface area contributed by atoms with Crippen molar-refractivity contribution >= 4 is 0 Å². The maximum absolute atomic E-state index is 3.05. The van der Waals surface area contributed by atoms with Gasteiger partial charge in [-0.15, -0.1) is 0 Å². The highest BCUT2D eigenvalue weighted by atomic mass is 14.9. The standard InChI is InChI=1S/C6H14N2/c1-4-6(8-3)5-7-2/h4,7-8H,5H2,1-3H3/b6-4+. The van der Waals surface area contributed by atoms with Crippen molar-refractivity contribution in [2.75, 3.05) is 20.6 Å². The first-order valence-corrected chi connectivity index (χ1v) is 2.82. The van der Waals surface area contributed by atoms with Gasteiger partial charge in [0, 0.05) is 19.3 Å². The Labute approximate surface area is 51.0 Å². The van der Waals surface area contributed by atoms with E-state index in [4.69, 9.17) is 0 Å². The van der Waals surface area contributed by atoms with E-state index in [-0.39, 0.29) is 0 Å². The summed E-state index contributed by atoms with van der Waals surface area (Å²) in [6.45, 7) is 2.94. The van der Waals surface area contributed by atoms with Crippen LogP contribution in [0.1, 0.15) is 6.92 Å². The van der Waals surface area contributed by atoms with E-state index >= 15 is 0 Å². The lowest BCUT2D eigenvalue weighted by Crippen LogP contribution is -2.18. The van der Waals surface area contributed by atoms with Gasteiger partial charge < -0.3 is 10.6 Å². The Morgan fingerprint density at radius 2 is 2.12 bits per heavy atom. The Balaban J connectivity index is 3.38. The lowest BCUT2D eigenvalue weighted by atomic mass is 10.4. The second kappa shape index (κ2) is 4.65. The zero-order chi connectivity index (χ0) is 6.41. The molecule has 0 atom stereocenters. The smallest absolute Gasteiger partial charge is 0.0348 e. The third-order valence-electron chi connectivity index (χ3n) is 1.04. The molecule has 48 valence electrons. The van der Waals surface area contributed by atoms with Crippen LogP contribution in [0, 0.1) is 0 Å². The monoisotopic (exact) mass is 114 g/mol. The molecule has 0 spiro atoms. The van der Waals surface area contributed by atoms with Gasteiger partial charge >= 0.3 is 0 Å². The summed E-state index contributed by atoms with van der Waals surface area (Å²) in [5.74, 6) is 0. The summed E-state index contributed by atoms with van der Waals surface area (Å²) in [6.07, 6.45) is 2.05. The van der Waals surface area contributed by atoms with E-state index in [1.807, 2.05) is 21.0 Å². The fourth-order valence-electron chi connectivity index (χ4n) is 0.525. The van der Waals surface area contributed by atoms with Crippen molar-refractivity contribution in [2.45, 2.75) is 6.92 Å². The van der Waals surface area contributed by atoms with E-state index < -0.39 is 0 Å². The first kappa shape index (κ1) is 7.50. The van der Waals surface area contributed by atoms with Crippen LogP contribution in [0.15, 0.2) is 11.8 Å². The second-order valence-corrected chi connectivity index (χ2v) is 1.59. The minimum atomic E-state index is 0.924. The maximum Gasteiger partial charge on any atom is 0.0348 e. The van der Waals surface area contributed by atoms with Crippen molar-refractivity contribution in [3.05, 3.63) is 11.8 Å². The van der Waals surface area contributed by atoms with E-state index in [2.05, 4.69) is 16.7 Å². The molecule has 0 saturated heterocycles. The van der Waals surface area contributed by atoms with Crippen molar-refractivity contribution in [1.82, 2.24) is 10.6 Å². The predicted octanol–water partition coefficient (Wildman–Crippen LogP) is 0.329. The van der Waals surface area contributed by atoms with Crippen molar-refractivity contribution in [1.29, 1.82) is 0 Å². The van der Waals surface area contributed by atoms with Gasteiger partial charge in [0.2, 0.25) is 0 Å². The lowest BCUT2D eigenvalue weighted by molar-refractivity contribution is 0.808. The molecular weight excluding hydrogens is 100 g/mol. The van der Waals surface area contributed by atoms with Crippen molar-refractivity contribution < 1.29 is 0 Å². The number of rotatable bonds is 3. The second-order valence-electron chi connectivity index (χ2n) is 1.59. The molecule has 0 saturated carbocycles. The van der Waals surface area contributed by atoms with Gasteiger partial charge in [0.05, 0.1) is 0 Å². The Hall–Kier alpha value is -0.500. The van der Waals surface area contributed by atoms with Gasteiger partial charge in [0.25, 0.3) is 0 Å². The number of allylic oxidation sites excluding steroid dienone is 1. The zero-order valence-electron chi connectivity index (χ0n) is 5.78. The Morgan fingerprint density at radius 3 is 2.25 bits per heavy atom. The van der Waals surface area contributed by atoms with Gasteiger partial charge in [0.1, 0.15) is 0 Å². The van der Waals surface area contributed by atoms with E-state index in [1.165, 1.54) is 5.70 Å². The Bertz CT molecular complexity index is 76.6. The maximum atomic E-state index is 3.05. The number of hydrogen-bond acceptors (Lipinski definition) is 2. The molecule has 0 aliphatic heterocycles. The molecule has 0 radical (unpaired) electrons. The summed E-state index contributed by atoms with van der Waals surface area (Å²) in [5, 5.41) is 6.09. The van der Waals surface area contributed by atoms with Crippen LogP contribution in [-0.2, 0) is 0 Å². The SMILES string of the molecule is C/C=C(\CNC)NC. The fraction of sp³-hybridized carbons (Fsp3) is 0.667. The molecule has 0 aromatic heterocycles. The summed E-state index contributed by atoms with van der Waals surface area (Å²) in [6, 6.07) is 0. The molecule has 0 aromatic carbocycles. The van der Waals surface area contributed by atoms with Crippen LogP contribution in [0.3, 0.4) is 0 Å². The van der Waals surface area contributed by atoms with Crippen LogP contribution in [0.4, 0.5) is 0 Å². The number of nitrogens with one attached hydrogen (secondary N) is 2. The molecule has 8 heavy (non-hydrogen) atoms. The highest BCUT2D eigenvalue weighted by Crippen LogP contribution is 1.80. The molecule has 2 N–H and O–H groups in total. The molecule has 2 heteroatoms. The Morgan fingerprint density at radius 1 is 1.50 bits per heavy atom. The van der Waals surface area contributed by atoms with Gasteiger partial charge in [-0.2, -0.15) is 0 Å². The Kier molecular flexibility index (Phi) is 4.36. The molecule has 0 aromatic rings. The van der Waals surface area contributed by atoms with Crippen LogP contribution < -0.4 is 10.6 Å². The quantitative estimate of drug-likeness (QED) is 0.552. The predicted molar refractivity (Wildman–Crippen MR) is 36.7 cm³/mol. The number of hydrogen-bond donors (Lipinski definition) is 2. The molecule has 0 bridgehead atoms. The van der Waals surface area contributed by atoms with Crippen LogP contribution in [0.2, 0.25) is 0 Å². The minimum absolute atomic E-state index is 0.924. The highest BCUT2D eigenvalue weighted by Gasteiger charge is 1.84. The molecule has 0 amide bonds. The molecule has 0 unspecified atom stereocenters. The first-order chi connectivity index (χ1) is 3.85. The van der Waals surface area contributed by atoms with E-state index in [0.717, 1.165) is 6.54 Å². The summed E-state index contributed by atoms with van der Waals surface area (Å²) in [4.78, 5) is 0.